The van der Waals surface area contributed by atoms with Crippen LogP contribution in [0.4, 0.5) is 0 Å². The zero-order valence-electron chi connectivity index (χ0n) is 5.83. The standard InChI is InChI=1S/C7H7O4/c1-2-3-5-6(4-8)11-7(9)10-5/h2H,1,3-4H2. The summed E-state index contributed by atoms with van der Waals surface area (Å²) < 4.78 is 8.99. The minimum atomic E-state index is -0.826. The Balaban J connectivity index is 3.01. The molecule has 4 nitrogen and oxygen atoms in total. The highest BCUT2D eigenvalue weighted by Crippen LogP contribution is 2.07. The molecule has 0 amide bonds. The molecule has 0 aliphatic carbocycles. The highest BCUT2D eigenvalue weighted by atomic mass is 16.6. The summed E-state index contributed by atoms with van der Waals surface area (Å²) in [5, 5.41) is 10.3. The van der Waals surface area contributed by atoms with Gasteiger partial charge in [0.1, 0.15) is 6.61 Å². The molecule has 0 aliphatic rings. The Morgan fingerprint density at radius 1 is 1.36 bits per heavy atom. The summed E-state index contributed by atoms with van der Waals surface area (Å²) in [5.41, 5.74) is 0. The van der Waals surface area contributed by atoms with E-state index in [1.165, 1.54) is 6.08 Å². The quantitative estimate of drug-likeness (QED) is 0.609. The average Bonchev–Trinajstić information content (AvgIpc) is 2.32. The summed E-state index contributed by atoms with van der Waals surface area (Å²) in [6.07, 6.45) is 1.89. The molecule has 1 rings (SSSR count). The normalized spacial score (nSPS) is 9.91. The van der Waals surface area contributed by atoms with Crippen LogP contribution in [0.1, 0.15) is 11.5 Å². The molecule has 0 aromatic carbocycles. The van der Waals surface area contributed by atoms with Crippen molar-refractivity contribution in [3.63, 3.8) is 0 Å². The Kier molecular flexibility index (Phi) is 2.28. The van der Waals surface area contributed by atoms with E-state index in [-0.39, 0.29) is 11.5 Å². The van der Waals surface area contributed by atoms with Crippen LogP contribution in [0.25, 0.3) is 0 Å². The van der Waals surface area contributed by atoms with Gasteiger partial charge in [0.05, 0.1) is 0 Å². The Bertz CT molecular complexity index is 294. The Morgan fingerprint density at radius 3 is 2.55 bits per heavy atom. The third-order valence-electron chi connectivity index (χ3n) is 1.18. The Hall–Kier alpha value is -1.29. The maximum absolute atomic E-state index is 10.4. The summed E-state index contributed by atoms with van der Waals surface area (Å²) in [5.74, 6) is -0.484. The minimum Gasteiger partial charge on any atom is -0.395 e. The molecular formula is C7H7O4. The summed E-state index contributed by atoms with van der Waals surface area (Å²) in [7, 11) is 0. The lowest BCUT2D eigenvalue weighted by Crippen LogP contribution is -1.86. The molecule has 4 heteroatoms. The molecule has 1 aromatic rings. The predicted molar refractivity (Wildman–Crippen MR) is 35.5 cm³/mol. The van der Waals surface area contributed by atoms with Gasteiger partial charge in [-0.05, 0) is 0 Å². The van der Waals surface area contributed by atoms with Crippen LogP contribution in [0, 0.1) is 0 Å². The molecule has 1 aromatic heterocycles. The van der Waals surface area contributed by atoms with Crippen LogP contribution in [0.3, 0.4) is 0 Å². The van der Waals surface area contributed by atoms with E-state index >= 15 is 0 Å². The molecule has 0 saturated carbocycles. The second-order valence-corrected chi connectivity index (χ2v) is 1.94. The van der Waals surface area contributed by atoms with Crippen LogP contribution in [0.2, 0.25) is 0 Å². The fraction of sp³-hybridized carbons (Fsp3) is 0.286. The second kappa shape index (κ2) is 3.21. The van der Waals surface area contributed by atoms with E-state index in [1.54, 1.807) is 0 Å². The SMILES string of the molecule is C=CCc1oc(=O)oc1C[O]. The maximum Gasteiger partial charge on any atom is 0.519 e. The summed E-state index contributed by atoms with van der Waals surface area (Å²) in [6.45, 7) is 2.86. The van der Waals surface area contributed by atoms with E-state index in [2.05, 4.69) is 15.4 Å². The van der Waals surface area contributed by atoms with Crippen molar-refractivity contribution in [1.82, 2.24) is 0 Å². The van der Waals surface area contributed by atoms with Crippen molar-refractivity contribution < 1.29 is 13.9 Å². The van der Waals surface area contributed by atoms with Crippen molar-refractivity contribution in [2.75, 3.05) is 0 Å². The number of hydrogen-bond acceptors (Lipinski definition) is 3. The molecule has 1 radical (unpaired) electrons. The summed E-state index contributed by atoms with van der Waals surface area (Å²) in [6, 6.07) is 0. The molecular weight excluding hydrogens is 148 g/mol. The van der Waals surface area contributed by atoms with Crippen LogP contribution in [0.15, 0.2) is 26.3 Å². The number of hydrogen-bond donors (Lipinski definition) is 0. The van der Waals surface area contributed by atoms with Crippen LogP contribution < -0.4 is 5.82 Å². The molecule has 0 aliphatic heterocycles. The molecule has 0 fully saturated rings. The molecule has 59 valence electrons. The maximum atomic E-state index is 10.4. The van der Waals surface area contributed by atoms with Gasteiger partial charge in [0.15, 0.2) is 11.5 Å². The monoisotopic (exact) mass is 155 g/mol. The summed E-state index contributed by atoms with van der Waals surface area (Å²) in [4.78, 5) is 10.4. The van der Waals surface area contributed by atoms with Crippen molar-refractivity contribution >= 4 is 0 Å². The van der Waals surface area contributed by atoms with Gasteiger partial charge in [0, 0.05) is 6.42 Å². The van der Waals surface area contributed by atoms with Gasteiger partial charge in [0.25, 0.3) is 0 Å². The van der Waals surface area contributed by atoms with Gasteiger partial charge >= 0.3 is 5.82 Å². The highest BCUT2D eigenvalue weighted by Gasteiger charge is 2.09. The third-order valence-corrected chi connectivity index (χ3v) is 1.18. The van der Waals surface area contributed by atoms with Crippen molar-refractivity contribution in [1.29, 1.82) is 0 Å². The van der Waals surface area contributed by atoms with E-state index in [0.717, 1.165) is 0 Å². The first-order valence-electron chi connectivity index (χ1n) is 3.08. The Labute approximate surface area is 62.8 Å². The smallest absolute Gasteiger partial charge is 0.395 e. The second-order valence-electron chi connectivity index (χ2n) is 1.94. The molecule has 0 saturated heterocycles. The zero-order valence-corrected chi connectivity index (χ0v) is 5.83. The molecule has 1 heterocycles. The topological polar surface area (TPSA) is 63.2 Å². The number of rotatable bonds is 3. The molecule has 0 spiro atoms. The van der Waals surface area contributed by atoms with E-state index < -0.39 is 12.4 Å². The van der Waals surface area contributed by atoms with Crippen LogP contribution in [-0.2, 0) is 18.1 Å². The van der Waals surface area contributed by atoms with E-state index in [0.29, 0.717) is 6.42 Å². The van der Waals surface area contributed by atoms with Crippen LogP contribution >= 0.6 is 0 Å². The van der Waals surface area contributed by atoms with E-state index in [1.807, 2.05) is 0 Å². The van der Waals surface area contributed by atoms with Crippen molar-refractivity contribution in [3.8, 4) is 0 Å². The lowest BCUT2D eigenvalue weighted by atomic mass is 10.3. The fourth-order valence-electron chi connectivity index (χ4n) is 0.732. The molecule has 0 atom stereocenters. The van der Waals surface area contributed by atoms with Gasteiger partial charge in [-0.15, -0.1) is 6.58 Å². The minimum absolute atomic E-state index is 0.0647. The van der Waals surface area contributed by atoms with Gasteiger partial charge in [0.2, 0.25) is 0 Å². The lowest BCUT2D eigenvalue weighted by molar-refractivity contribution is 0.152. The van der Waals surface area contributed by atoms with Gasteiger partial charge in [-0.3, -0.25) is 0 Å². The van der Waals surface area contributed by atoms with Crippen molar-refractivity contribution in [2.24, 2.45) is 0 Å². The van der Waals surface area contributed by atoms with Crippen LogP contribution in [0.5, 0.6) is 0 Å². The zero-order chi connectivity index (χ0) is 8.27. The Morgan fingerprint density at radius 2 is 2.00 bits per heavy atom. The van der Waals surface area contributed by atoms with E-state index in [9.17, 15) is 9.90 Å². The molecule has 0 N–H and O–H groups in total. The van der Waals surface area contributed by atoms with Gasteiger partial charge in [-0.1, -0.05) is 6.08 Å². The average molecular weight is 155 g/mol. The third kappa shape index (κ3) is 1.59. The van der Waals surface area contributed by atoms with Gasteiger partial charge in [-0.2, -0.15) is 0 Å². The molecule has 0 unspecified atom stereocenters. The van der Waals surface area contributed by atoms with Gasteiger partial charge in [-0.25, -0.2) is 9.90 Å². The summed E-state index contributed by atoms with van der Waals surface area (Å²) >= 11 is 0. The highest BCUT2D eigenvalue weighted by molar-refractivity contribution is 5.05. The fourth-order valence-corrected chi connectivity index (χ4v) is 0.732. The first-order valence-corrected chi connectivity index (χ1v) is 3.08. The van der Waals surface area contributed by atoms with Crippen LogP contribution in [-0.4, -0.2) is 0 Å². The lowest BCUT2D eigenvalue weighted by Gasteiger charge is -1.87. The predicted octanol–water partition coefficient (Wildman–Crippen LogP) is 0.892. The van der Waals surface area contributed by atoms with Gasteiger partial charge < -0.3 is 8.83 Å². The largest absolute Gasteiger partial charge is 0.519 e. The van der Waals surface area contributed by atoms with Crippen molar-refractivity contribution in [3.05, 3.63) is 34.8 Å². The van der Waals surface area contributed by atoms with E-state index in [4.69, 9.17) is 0 Å². The molecule has 0 bridgehead atoms. The first-order chi connectivity index (χ1) is 5.27. The first kappa shape index (κ1) is 7.81. The molecule has 11 heavy (non-hydrogen) atoms. The number of allylic oxidation sites excluding steroid dienone is 1. The van der Waals surface area contributed by atoms with Crippen molar-refractivity contribution in [2.45, 2.75) is 13.0 Å².